The van der Waals surface area contributed by atoms with Crippen molar-refractivity contribution in [1.82, 2.24) is 14.6 Å². The molecule has 7 nitrogen and oxygen atoms in total. The van der Waals surface area contributed by atoms with Crippen molar-refractivity contribution < 1.29 is 15.0 Å². The van der Waals surface area contributed by atoms with Crippen LogP contribution in [0.2, 0.25) is 0 Å². The Balaban J connectivity index is 1.99. The molecule has 25 heavy (non-hydrogen) atoms. The van der Waals surface area contributed by atoms with E-state index in [0.29, 0.717) is 12.1 Å². The molecule has 2 heterocycles. The summed E-state index contributed by atoms with van der Waals surface area (Å²) < 4.78 is 1.29. The molecule has 7 heteroatoms. The fourth-order valence-electron chi connectivity index (χ4n) is 2.74. The van der Waals surface area contributed by atoms with E-state index in [1.807, 2.05) is 30.3 Å². The topological polar surface area (TPSA) is 105 Å². The highest BCUT2D eigenvalue weighted by Crippen LogP contribution is 2.09. The van der Waals surface area contributed by atoms with E-state index in [1.54, 1.807) is 0 Å². The number of carboxylic acid groups (broad SMARTS) is 1. The molecule has 128 valence electrons. The van der Waals surface area contributed by atoms with Crippen LogP contribution in [0.5, 0.6) is 0 Å². The smallest absolute Gasteiger partial charge is 0.303 e. The van der Waals surface area contributed by atoms with Gasteiger partial charge in [-0.2, -0.15) is 5.10 Å². The van der Waals surface area contributed by atoms with Crippen LogP contribution in [0.25, 0.3) is 11.4 Å². The lowest BCUT2D eigenvalue weighted by Crippen LogP contribution is -2.35. The summed E-state index contributed by atoms with van der Waals surface area (Å²) >= 11 is 0. The van der Waals surface area contributed by atoms with E-state index < -0.39 is 11.4 Å². The number of benzene rings is 1. The van der Waals surface area contributed by atoms with Gasteiger partial charge in [-0.25, -0.2) is 9.50 Å². The molecule has 3 aromatic rings. The monoisotopic (exact) mass is 339 g/mol. The van der Waals surface area contributed by atoms with Crippen LogP contribution in [0, 0.1) is 0 Å². The maximum atomic E-state index is 12.4. The number of aliphatic carboxylic acids is 1. The molecule has 1 aromatic carbocycles. The number of carbonyl (C=O) groups is 1. The SMILES string of the molecule is O=C(O)CCC(O)=c1c(=O)cc(CCc2ccccc2)c2ncnn12. The second kappa shape index (κ2) is 7.12. The minimum atomic E-state index is -1.05. The number of aryl methyl sites for hydroxylation is 2. The Morgan fingerprint density at radius 2 is 1.84 bits per heavy atom. The number of carboxylic acids is 1. The zero-order chi connectivity index (χ0) is 17.8. The highest BCUT2D eigenvalue weighted by atomic mass is 16.4. The number of hydrogen-bond acceptors (Lipinski definition) is 5. The Morgan fingerprint density at radius 1 is 1.08 bits per heavy atom. The van der Waals surface area contributed by atoms with Crippen molar-refractivity contribution in [2.45, 2.75) is 25.7 Å². The summed E-state index contributed by atoms with van der Waals surface area (Å²) in [5.74, 6) is -1.34. The molecule has 3 rings (SSSR count). The van der Waals surface area contributed by atoms with Gasteiger partial charge < -0.3 is 10.2 Å². The van der Waals surface area contributed by atoms with Gasteiger partial charge in [-0.15, -0.1) is 0 Å². The van der Waals surface area contributed by atoms with Gasteiger partial charge in [0.2, 0.25) is 5.43 Å². The van der Waals surface area contributed by atoms with Gasteiger partial charge in [-0.05, 0) is 24.5 Å². The second-order valence-corrected chi connectivity index (χ2v) is 5.70. The van der Waals surface area contributed by atoms with E-state index in [2.05, 4.69) is 10.1 Å². The van der Waals surface area contributed by atoms with Gasteiger partial charge in [0.15, 0.2) is 11.0 Å². The summed E-state index contributed by atoms with van der Waals surface area (Å²) in [5, 5.41) is 22.9. The van der Waals surface area contributed by atoms with Gasteiger partial charge >= 0.3 is 5.97 Å². The molecule has 0 aliphatic carbocycles. The molecule has 0 bridgehead atoms. The van der Waals surface area contributed by atoms with Crippen LogP contribution in [0.1, 0.15) is 24.0 Å². The summed E-state index contributed by atoms with van der Waals surface area (Å²) in [6.07, 6.45) is 2.27. The van der Waals surface area contributed by atoms with Crippen molar-refractivity contribution >= 4 is 17.4 Å². The van der Waals surface area contributed by atoms with Crippen LogP contribution in [0.15, 0.2) is 47.5 Å². The average molecular weight is 339 g/mol. The second-order valence-electron chi connectivity index (χ2n) is 5.70. The molecule has 0 fully saturated rings. The molecule has 0 unspecified atom stereocenters. The van der Waals surface area contributed by atoms with Gasteiger partial charge in [0.1, 0.15) is 12.1 Å². The first-order valence-corrected chi connectivity index (χ1v) is 7.89. The fourth-order valence-corrected chi connectivity index (χ4v) is 2.74. The predicted molar refractivity (Wildman–Crippen MR) is 91.2 cm³/mol. The van der Waals surface area contributed by atoms with Crippen molar-refractivity contribution in [3.8, 4) is 0 Å². The minimum absolute atomic E-state index is 0.0304. The molecule has 0 saturated carbocycles. The maximum Gasteiger partial charge on any atom is 0.303 e. The lowest BCUT2D eigenvalue weighted by atomic mass is 10.1. The molecular formula is C18H17N3O4. The largest absolute Gasteiger partial charge is 0.510 e. The third-order valence-corrected chi connectivity index (χ3v) is 3.96. The normalized spacial score (nSPS) is 12.3. The number of rotatable bonds is 6. The molecule has 0 radical (unpaired) electrons. The first-order valence-electron chi connectivity index (χ1n) is 7.89. The summed E-state index contributed by atoms with van der Waals surface area (Å²) in [7, 11) is 0. The van der Waals surface area contributed by atoms with E-state index in [-0.39, 0.29) is 23.9 Å². The molecule has 0 spiro atoms. The average Bonchev–Trinajstić information content (AvgIpc) is 3.08. The molecule has 0 aliphatic rings. The van der Waals surface area contributed by atoms with Crippen LogP contribution in [0.3, 0.4) is 0 Å². The maximum absolute atomic E-state index is 12.4. The lowest BCUT2D eigenvalue weighted by molar-refractivity contribution is -0.136. The Labute approximate surface area is 142 Å². The highest BCUT2D eigenvalue weighted by molar-refractivity contribution is 5.68. The van der Waals surface area contributed by atoms with Gasteiger partial charge in [-0.3, -0.25) is 9.59 Å². The summed E-state index contributed by atoms with van der Waals surface area (Å²) in [6.45, 7) is 0. The summed E-state index contributed by atoms with van der Waals surface area (Å²) in [4.78, 5) is 27.3. The third kappa shape index (κ3) is 3.65. The number of aliphatic hydroxyl groups excluding tert-OH is 1. The van der Waals surface area contributed by atoms with Crippen molar-refractivity contribution in [3.05, 3.63) is 69.4 Å². The minimum Gasteiger partial charge on any atom is -0.510 e. The number of nitrogens with zero attached hydrogens (tertiary/aromatic N) is 3. The van der Waals surface area contributed by atoms with Gasteiger partial charge in [0.05, 0.1) is 6.42 Å². The lowest BCUT2D eigenvalue weighted by Gasteiger charge is -2.05. The Hall–Kier alpha value is -3.22. The third-order valence-electron chi connectivity index (χ3n) is 3.96. The number of aromatic nitrogens is 3. The Kier molecular flexibility index (Phi) is 4.74. The van der Waals surface area contributed by atoms with Crippen molar-refractivity contribution in [2.24, 2.45) is 0 Å². The molecule has 0 atom stereocenters. The number of aliphatic hydroxyl groups is 1. The van der Waals surface area contributed by atoms with Gasteiger partial charge in [0, 0.05) is 12.0 Å². The van der Waals surface area contributed by atoms with E-state index in [0.717, 1.165) is 17.5 Å². The van der Waals surface area contributed by atoms with E-state index in [9.17, 15) is 14.7 Å². The van der Waals surface area contributed by atoms with Crippen LogP contribution in [-0.2, 0) is 17.6 Å². The summed E-state index contributed by atoms with van der Waals surface area (Å²) in [6, 6.07) is 11.3. The molecular weight excluding hydrogens is 322 g/mol. The first kappa shape index (κ1) is 16.6. The highest BCUT2D eigenvalue weighted by Gasteiger charge is 2.12. The predicted octanol–water partition coefficient (Wildman–Crippen LogP) is 1.12. The standard InChI is InChI=1S/C18H17N3O4/c22-14(8-9-16(24)25)17-15(23)10-13(18-19-11-20-21(17)18)7-6-12-4-2-1-3-5-12/h1-5,10-11,22H,6-9H2,(H,24,25). The van der Waals surface area contributed by atoms with Crippen LogP contribution in [0.4, 0.5) is 0 Å². The van der Waals surface area contributed by atoms with Crippen LogP contribution >= 0.6 is 0 Å². The zero-order valence-electron chi connectivity index (χ0n) is 13.4. The number of hydrogen-bond donors (Lipinski definition) is 2. The molecule has 2 aromatic heterocycles. The van der Waals surface area contributed by atoms with Crippen LogP contribution < -0.4 is 10.8 Å². The molecule has 2 N–H and O–H groups in total. The van der Waals surface area contributed by atoms with E-state index in [4.69, 9.17) is 5.11 Å². The molecule has 0 saturated heterocycles. The molecule has 0 amide bonds. The van der Waals surface area contributed by atoms with E-state index in [1.165, 1.54) is 16.9 Å². The van der Waals surface area contributed by atoms with Crippen molar-refractivity contribution in [2.75, 3.05) is 0 Å². The zero-order valence-corrected chi connectivity index (χ0v) is 13.4. The van der Waals surface area contributed by atoms with E-state index >= 15 is 0 Å². The Bertz CT molecular complexity index is 1010. The number of pyridine rings is 1. The summed E-state index contributed by atoms with van der Waals surface area (Å²) in [5.41, 5.74) is 1.98. The van der Waals surface area contributed by atoms with Crippen LogP contribution in [-0.4, -0.2) is 30.8 Å². The quantitative estimate of drug-likeness (QED) is 0.697. The van der Waals surface area contributed by atoms with Crippen molar-refractivity contribution in [3.63, 3.8) is 0 Å². The van der Waals surface area contributed by atoms with Gasteiger partial charge in [-0.1, -0.05) is 30.3 Å². The first-order chi connectivity index (χ1) is 12.1. The van der Waals surface area contributed by atoms with Crippen molar-refractivity contribution in [1.29, 1.82) is 0 Å². The molecule has 0 aliphatic heterocycles. The fraction of sp³-hybridized carbons (Fsp3) is 0.222. The van der Waals surface area contributed by atoms with Gasteiger partial charge in [0.25, 0.3) is 0 Å². The number of fused-ring (bicyclic) bond motifs is 1. The Morgan fingerprint density at radius 3 is 2.56 bits per heavy atom.